The van der Waals surface area contributed by atoms with Crippen LogP contribution in [0.1, 0.15) is 5.69 Å². The van der Waals surface area contributed by atoms with Gasteiger partial charge in [-0.25, -0.2) is 14.6 Å². The SMILES string of the molecule is O=C(O)C1(C(=O)O)C=CC(c2ccc[nH]2)=N1. The van der Waals surface area contributed by atoms with Crippen molar-refractivity contribution < 1.29 is 19.8 Å². The van der Waals surface area contributed by atoms with Crippen molar-refractivity contribution in [3.8, 4) is 0 Å². The van der Waals surface area contributed by atoms with Gasteiger partial charge in [0.2, 0.25) is 0 Å². The molecule has 2 heterocycles. The molecule has 0 spiro atoms. The van der Waals surface area contributed by atoms with Crippen LogP contribution in [0.5, 0.6) is 0 Å². The average Bonchev–Trinajstić information content (AvgIpc) is 2.87. The summed E-state index contributed by atoms with van der Waals surface area (Å²) in [5.41, 5.74) is -1.30. The molecule has 0 amide bonds. The molecule has 0 aliphatic carbocycles. The van der Waals surface area contributed by atoms with Crippen LogP contribution in [-0.4, -0.2) is 38.4 Å². The minimum atomic E-state index is -2.19. The Morgan fingerprint density at radius 1 is 1.31 bits per heavy atom. The van der Waals surface area contributed by atoms with E-state index in [-0.39, 0.29) is 0 Å². The van der Waals surface area contributed by atoms with Gasteiger partial charge < -0.3 is 15.2 Å². The molecule has 6 nitrogen and oxygen atoms in total. The molecule has 1 aliphatic heterocycles. The molecule has 16 heavy (non-hydrogen) atoms. The molecule has 1 aliphatic rings. The van der Waals surface area contributed by atoms with Gasteiger partial charge in [-0.05, 0) is 24.3 Å². The summed E-state index contributed by atoms with van der Waals surface area (Å²) < 4.78 is 0. The van der Waals surface area contributed by atoms with Gasteiger partial charge in [-0.1, -0.05) is 0 Å². The Kier molecular flexibility index (Phi) is 2.12. The third kappa shape index (κ3) is 1.31. The lowest BCUT2D eigenvalue weighted by atomic mass is 10.0. The maximum atomic E-state index is 10.9. The molecule has 0 aromatic carbocycles. The third-order valence-electron chi connectivity index (χ3n) is 2.31. The third-order valence-corrected chi connectivity index (χ3v) is 2.31. The lowest BCUT2D eigenvalue weighted by Crippen LogP contribution is -2.42. The van der Waals surface area contributed by atoms with Crippen molar-refractivity contribution in [2.45, 2.75) is 5.54 Å². The average molecular weight is 220 g/mol. The number of aliphatic imine (C=N–C) groups is 1. The van der Waals surface area contributed by atoms with E-state index in [9.17, 15) is 9.59 Å². The molecular formula is C10H8N2O4. The van der Waals surface area contributed by atoms with E-state index in [0.717, 1.165) is 6.08 Å². The highest BCUT2D eigenvalue weighted by Crippen LogP contribution is 2.22. The first-order valence-electron chi connectivity index (χ1n) is 4.46. The summed E-state index contributed by atoms with van der Waals surface area (Å²) in [5, 5.41) is 17.8. The van der Waals surface area contributed by atoms with Crippen LogP contribution in [-0.2, 0) is 9.59 Å². The molecule has 0 atom stereocenters. The number of allylic oxidation sites excluding steroid dienone is 1. The minimum absolute atomic E-state index is 0.315. The number of aliphatic carboxylic acids is 2. The molecule has 6 heteroatoms. The van der Waals surface area contributed by atoms with Gasteiger partial charge in [0.05, 0.1) is 11.4 Å². The monoisotopic (exact) mass is 220 g/mol. The molecule has 0 bridgehead atoms. The highest BCUT2D eigenvalue weighted by atomic mass is 16.4. The van der Waals surface area contributed by atoms with Crippen molar-refractivity contribution in [3.63, 3.8) is 0 Å². The van der Waals surface area contributed by atoms with Crippen molar-refractivity contribution >= 4 is 17.7 Å². The number of nitrogens with one attached hydrogen (secondary N) is 1. The Hall–Kier alpha value is -2.37. The lowest BCUT2D eigenvalue weighted by Gasteiger charge is -2.12. The molecule has 0 saturated heterocycles. The fourth-order valence-corrected chi connectivity index (χ4v) is 1.43. The van der Waals surface area contributed by atoms with Crippen molar-refractivity contribution in [1.82, 2.24) is 4.98 Å². The predicted molar refractivity (Wildman–Crippen MR) is 54.5 cm³/mol. The quantitative estimate of drug-likeness (QED) is 0.636. The first-order valence-corrected chi connectivity index (χ1v) is 4.46. The number of H-pyrrole nitrogens is 1. The van der Waals surface area contributed by atoms with Gasteiger partial charge in [-0.3, -0.25) is 0 Å². The van der Waals surface area contributed by atoms with Crippen molar-refractivity contribution in [2.75, 3.05) is 0 Å². The Morgan fingerprint density at radius 2 is 2.00 bits per heavy atom. The number of carbonyl (C=O) groups is 2. The highest BCUT2D eigenvalue weighted by Gasteiger charge is 2.47. The second-order valence-corrected chi connectivity index (χ2v) is 3.29. The number of carboxylic acid groups (broad SMARTS) is 2. The first kappa shape index (κ1) is 10.2. The van der Waals surface area contributed by atoms with Gasteiger partial charge in [0.1, 0.15) is 0 Å². The predicted octanol–water partition coefficient (Wildman–Crippen LogP) is 0.282. The van der Waals surface area contributed by atoms with Crippen LogP contribution in [0, 0.1) is 0 Å². The van der Waals surface area contributed by atoms with Crippen molar-refractivity contribution in [1.29, 1.82) is 0 Å². The number of aromatic amines is 1. The molecule has 1 aromatic rings. The summed E-state index contributed by atoms with van der Waals surface area (Å²) in [7, 11) is 0. The molecule has 0 fully saturated rings. The van der Waals surface area contributed by atoms with Crippen LogP contribution in [0.25, 0.3) is 0 Å². The molecule has 0 unspecified atom stereocenters. The van der Waals surface area contributed by atoms with Gasteiger partial charge in [-0.2, -0.15) is 0 Å². The molecule has 2 rings (SSSR count). The molecule has 1 aromatic heterocycles. The van der Waals surface area contributed by atoms with Crippen LogP contribution in [0.2, 0.25) is 0 Å². The number of aromatic nitrogens is 1. The second-order valence-electron chi connectivity index (χ2n) is 3.29. The molecule has 82 valence electrons. The summed E-state index contributed by atoms with van der Waals surface area (Å²) in [6, 6.07) is 3.40. The van der Waals surface area contributed by atoms with Crippen LogP contribution in [0.3, 0.4) is 0 Å². The van der Waals surface area contributed by atoms with Gasteiger partial charge in [0, 0.05) is 6.20 Å². The summed E-state index contributed by atoms with van der Waals surface area (Å²) in [6.45, 7) is 0. The summed E-state index contributed by atoms with van der Waals surface area (Å²) >= 11 is 0. The van der Waals surface area contributed by atoms with Crippen molar-refractivity contribution in [3.05, 3.63) is 36.2 Å². The zero-order valence-corrected chi connectivity index (χ0v) is 8.04. The fourth-order valence-electron chi connectivity index (χ4n) is 1.43. The summed E-state index contributed by atoms with van der Waals surface area (Å²) in [6.07, 6.45) is 4.09. The van der Waals surface area contributed by atoms with Crippen molar-refractivity contribution in [2.24, 2.45) is 4.99 Å². The van der Waals surface area contributed by atoms with Crippen LogP contribution >= 0.6 is 0 Å². The van der Waals surface area contributed by atoms with Gasteiger partial charge in [0.25, 0.3) is 5.54 Å². The Labute approximate surface area is 89.9 Å². The standard InChI is InChI=1S/C10H8N2O4/c13-8(14)10(9(15)16)4-3-7(12-10)6-2-1-5-11-6/h1-5,11H,(H,13,14)(H,15,16). The lowest BCUT2D eigenvalue weighted by molar-refractivity contribution is -0.153. The van der Waals surface area contributed by atoms with E-state index in [1.54, 1.807) is 18.3 Å². The van der Waals surface area contributed by atoms with Gasteiger partial charge in [-0.15, -0.1) is 0 Å². The zero-order valence-electron chi connectivity index (χ0n) is 8.04. The second kappa shape index (κ2) is 3.34. The fraction of sp³-hybridized carbons (Fsp3) is 0.100. The Morgan fingerprint density at radius 3 is 2.44 bits per heavy atom. The Balaban J connectivity index is 2.46. The number of hydrogen-bond acceptors (Lipinski definition) is 3. The summed E-state index contributed by atoms with van der Waals surface area (Å²) in [5.74, 6) is -3.00. The maximum absolute atomic E-state index is 10.9. The summed E-state index contributed by atoms with van der Waals surface area (Å²) in [4.78, 5) is 28.4. The topological polar surface area (TPSA) is 103 Å². The Bertz CT molecular complexity index is 485. The van der Waals surface area contributed by atoms with Gasteiger partial charge >= 0.3 is 11.9 Å². The minimum Gasteiger partial charge on any atom is -0.479 e. The molecule has 0 radical (unpaired) electrons. The number of carboxylic acids is 2. The van der Waals surface area contributed by atoms with Crippen LogP contribution in [0.15, 0.2) is 35.5 Å². The number of nitrogens with zero attached hydrogens (tertiary/aromatic N) is 1. The molecular weight excluding hydrogens is 212 g/mol. The van der Waals surface area contributed by atoms with Gasteiger partial charge in [0.15, 0.2) is 0 Å². The largest absolute Gasteiger partial charge is 0.479 e. The number of hydrogen-bond donors (Lipinski definition) is 3. The highest BCUT2D eigenvalue weighted by molar-refractivity contribution is 6.17. The molecule has 3 N–H and O–H groups in total. The van der Waals surface area contributed by atoms with Crippen LogP contribution < -0.4 is 0 Å². The zero-order chi connectivity index (χ0) is 11.8. The maximum Gasteiger partial charge on any atom is 0.347 e. The smallest absolute Gasteiger partial charge is 0.347 e. The van der Waals surface area contributed by atoms with E-state index in [0.29, 0.717) is 11.4 Å². The van der Waals surface area contributed by atoms with E-state index in [2.05, 4.69) is 9.98 Å². The number of rotatable bonds is 3. The molecule has 0 saturated carbocycles. The van der Waals surface area contributed by atoms with E-state index in [1.165, 1.54) is 6.08 Å². The van der Waals surface area contributed by atoms with E-state index in [4.69, 9.17) is 10.2 Å². The normalized spacial score (nSPS) is 17.1. The van der Waals surface area contributed by atoms with E-state index < -0.39 is 17.5 Å². The van der Waals surface area contributed by atoms with E-state index in [1.807, 2.05) is 0 Å². The van der Waals surface area contributed by atoms with Crippen LogP contribution in [0.4, 0.5) is 0 Å². The van der Waals surface area contributed by atoms with E-state index >= 15 is 0 Å². The first-order chi connectivity index (χ1) is 7.56.